The second-order valence-corrected chi connectivity index (χ2v) is 7.29. The predicted molar refractivity (Wildman–Crippen MR) is 131 cm³/mol. The topological polar surface area (TPSA) is 122 Å². The molecule has 0 fully saturated rings. The molecular weight excluding hydrogens is 460 g/mol. The summed E-state index contributed by atoms with van der Waals surface area (Å²) in [5.41, 5.74) is 1.51. The zero-order valence-electron chi connectivity index (χ0n) is 18.7. The minimum Gasteiger partial charge on any atom is -0.493 e. The van der Waals surface area contributed by atoms with E-state index in [0.717, 1.165) is 0 Å². The van der Waals surface area contributed by atoms with E-state index in [-0.39, 0.29) is 17.4 Å². The van der Waals surface area contributed by atoms with Crippen LogP contribution in [0.15, 0.2) is 60.7 Å². The molecule has 3 rings (SSSR count). The maximum atomic E-state index is 12.7. The van der Waals surface area contributed by atoms with Gasteiger partial charge in [-0.1, -0.05) is 29.8 Å². The third kappa shape index (κ3) is 5.76. The molecule has 176 valence electrons. The van der Waals surface area contributed by atoms with Crippen molar-refractivity contribution in [2.24, 2.45) is 0 Å². The summed E-state index contributed by atoms with van der Waals surface area (Å²) in [6, 6.07) is 16.4. The predicted octanol–water partition coefficient (Wildman–Crippen LogP) is 4.39. The van der Waals surface area contributed by atoms with Crippen LogP contribution in [0.4, 0.5) is 11.4 Å². The monoisotopic (exact) mass is 482 g/mol. The molecule has 3 aromatic rings. The highest BCUT2D eigenvalue weighted by Crippen LogP contribution is 2.38. The fraction of sp³-hybridized carbons (Fsp3) is 0.125. The number of methoxy groups -OCH3 is 3. The number of nitrogens with one attached hydrogen (secondary N) is 4. The number of ether oxygens (including phenoxy) is 3. The average Bonchev–Trinajstić information content (AvgIpc) is 2.83. The van der Waals surface area contributed by atoms with Crippen molar-refractivity contribution >= 4 is 40.7 Å². The summed E-state index contributed by atoms with van der Waals surface area (Å²) >= 11 is 6.08. The Hall–Kier alpha value is -4.24. The summed E-state index contributed by atoms with van der Waals surface area (Å²) in [6.45, 7) is 0. The number of benzene rings is 3. The number of carbonyl (C=O) groups excluding carboxylic acids is 2. The van der Waals surface area contributed by atoms with Gasteiger partial charge in [0.25, 0.3) is 11.8 Å². The highest BCUT2D eigenvalue weighted by molar-refractivity contribution is 6.34. The minimum atomic E-state index is -0.556. The van der Waals surface area contributed by atoms with Crippen LogP contribution in [0.25, 0.3) is 0 Å². The standard InChI is InChI=1S/C24H23ClN4O5/c1-32-19-11-14(12-20(33-2)21(19)34-3)22(30)29-24(26)28-16-8-6-7-15(13-16)27-23(31)17-9-4-5-10-18(17)25/h4-13H,1-3H3,(H,27,31)(H3,26,28,29,30). The van der Waals surface area contributed by atoms with Crippen LogP contribution in [-0.4, -0.2) is 39.1 Å². The summed E-state index contributed by atoms with van der Waals surface area (Å²) in [5.74, 6) is -0.214. The first-order valence-electron chi connectivity index (χ1n) is 9.99. The quantitative estimate of drug-likeness (QED) is 0.292. The summed E-state index contributed by atoms with van der Waals surface area (Å²) < 4.78 is 15.8. The van der Waals surface area contributed by atoms with E-state index in [0.29, 0.717) is 39.2 Å². The van der Waals surface area contributed by atoms with Crippen molar-refractivity contribution < 1.29 is 23.8 Å². The van der Waals surface area contributed by atoms with E-state index in [2.05, 4.69) is 16.0 Å². The van der Waals surface area contributed by atoms with Crippen molar-refractivity contribution in [3.8, 4) is 17.2 Å². The van der Waals surface area contributed by atoms with E-state index < -0.39 is 5.91 Å². The number of amides is 2. The van der Waals surface area contributed by atoms with Crippen molar-refractivity contribution in [3.05, 3.63) is 76.8 Å². The first-order valence-corrected chi connectivity index (χ1v) is 10.4. The SMILES string of the molecule is COc1cc(C(=O)NC(=N)Nc2cccc(NC(=O)c3ccccc3Cl)c2)cc(OC)c1OC. The maximum Gasteiger partial charge on any atom is 0.258 e. The van der Waals surface area contributed by atoms with Crippen molar-refractivity contribution in [3.63, 3.8) is 0 Å². The molecule has 0 bridgehead atoms. The van der Waals surface area contributed by atoms with Gasteiger partial charge in [0.2, 0.25) is 5.75 Å². The van der Waals surface area contributed by atoms with E-state index in [1.807, 2.05) is 0 Å². The third-order valence-electron chi connectivity index (χ3n) is 4.67. The molecule has 4 N–H and O–H groups in total. The number of carbonyl (C=O) groups is 2. The zero-order valence-corrected chi connectivity index (χ0v) is 19.4. The number of rotatable bonds is 7. The van der Waals surface area contributed by atoms with E-state index in [1.54, 1.807) is 48.5 Å². The molecule has 0 aliphatic carbocycles. The molecule has 2 amide bonds. The van der Waals surface area contributed by atoms with Crippen LogP contribution in [0.1, 0.15) is 20.7 Å². The van der Waals surface area contributed by atoms with Crippen molar-refractivity contribution in [1.29, 1.82) is 5.41 Å². The molecule has 0 aromatic heterocycles. The van der Waals surface area contributed by atoms with Crippen LogP contribution in [0.5, 0.6) is 17.2 Å². The molecule has 0 saturated carbocycles. The molecule has 9 nitrogen and oxygen atoms in total. The van der Waals surface area contributed by atoms with Crippen LogP contribution >= 0.6 is 11.6 Å². The van der Waals surface area contributed by atoms with Crippen molar-refractivity contribution in [2.45, 2.75) is 0 Å². The highest BCUT2D eigenvalue weighted by Gasteiger charge is 2.18. The van der Waals surface area contributed by atoms with E-state index in [4.69, 9.17) is 31.2 Å². The largest absolute Gasteiger partial charge is 0.493 e. The summed E-state index contributed by atoms with van der Waals surface area (Å²) in [4.78, 5) is 25.1. The Bertz CT molecular complexity index is 1210. The molecular formula is C24H23ClN4O5. The van der Waals surface area contributed by atoms with Gasteiger partial charge < -0.3 is 24.8 Å². The second-order valence-electron chi connectivity index (χ2n) is 6.88. The first kappa shape index (κ1) is 24.4. The lowest BCUT2D eigenvalue weighted by molar-refractivity contribution is 0.0974. The number of hydrogen-bond donors (Lipinski definition) is 4. The van der Waals surface area contributed by atoms with Gasteiger partial charge in [-0.15, -0.1) is 0 Å². The molecule has 0 radical (unpaired) electrons. The Kier molecular flexibility index (Phi) is 7.94. The van der Waals surface area contributed by atoms with Crippen LogP contribution in [0, 0.1) is 5.41 Å². The van der Waals surface area contributed by atoms with Gasteiger partial charge in [0.05, 0.1) is 31.9 Å². The van der Waals surface area contributed by atoms with Crippen LogP contribution < -0.4 is 30.2 Å². The smallest absolute Gasteiger partial charge is 0.258 e. The van der Waals surface area contributed by atoms with Crippen molar-refractivity contribution in [1.82, 2.24) is 5.32 Å². The molecule has 10 heteroatoms. The van der Waals surface area contributed by atoms with Gasteiger partial charge >= 0.3 is 0 Å². The van der Waals surface area contributed by atoms with Crippen LogP contribution in [0.3, 0.4) is 0 Å². The van der Waals surface area contributed by atoms with Gasteiger partial charge in [0, 0.05) is 16.9 Å². The molecule has 0 unspecified atom stereocenters. The van der Waals surface area contributed by atoms with Gasteiger partial charge in [-0.2, -0.15) is 0 Å². The molecule has 3 aromatic carbocycles. The van der Waals surface area contributed by atoms with Gasteiger partial charge in [-0.3, -0.25) is 20.3 Å². The van der Waals surface area contributed by atoms with Crippen LogP contribution in [0.2, 0.25) is 5.02 Å². The fourth-order valence-corrected chi connectivity index (χ4v) is 3.31. The molecule has 0 atom stereocenters. The molecule has 0 spiro atoms. The molecule has 0 saturated heterocycles. The van der Waals surface area contributed by atoms with E-state index in [1.165, 1.54) is 33.5 Å². The lowest BCUT2D eigenvalue weighted by Gasteiger charge is -2.15. The number of anilines is 2. The van der Waals surface area contributed by atoms with Gasteiger partial charge in [-0.05, 0) is 42.5 Å². The number of hydrogen-bond acceptors (Lipinski definition) is 6. The highest BCUT2D eigenvalue weighted by atomic mass is 35.5. The number of guanidine groups is 1. The third-order valence-corrected chi connectivity index (χ3v) is 5.00. The van der Waals surface area contributed by atoms with Crippen LogP contribution in [-0.2, 0) is 0 Å². The molecule has 0 heterocycles. The summed E-state index contributed by atoms with van der Waals surface area (Å²) in [7, 11) is 4.35. The van der Waals surface area contributed by atoms with Crippen molar-refractivity contribution in [2.75, 3.05) is 32.0 Å². The molecule has 34 heavy (non-hydrogen) atoms. The normalized spacial score (nSPS) is 10.1. The van der Waals surface area contributed by atoms with E-state index in [9.17, 15) is 9.59 Å². The van der Waals surface area contributed by atoms with Gasteiger partial charge in [-0.25, -0.2) is 0 Å². The fourth-order valence-electron chi connectivity index (χ4n) is 3.09. The minimum absolute atomic E-state index is 0.210. The Morgan fingerprint density at radius 3 is 2.00 bits per heavy atom. The molecule has 0 aliphatic rings. The Morgan fingerprint density at radius 1 is 0.794 bits per heavy atom. The Labute approximate surface area is 201 Å². The zero-order chi connectivity index (χ0) is 24.7. The average molecular weight is 483 g/mol. The first-order chi connectivity index (χ1) is 16.4. The van der Waals surface area contributed by atoms with Gasteiger partial charge in [0.1, 0.15) is 0 Å². The second kappa shape index (κ2) is 11.1. The summed E-state index contributed by atoms with van der Waals surface area (Å²) in [5, 5.41) is 16.4. The Balaban J connectivity index is 1.68. The van der Waals surface area contributed by atoms with E-state index >= 15 is 0 Å². The maximum absolute atomic E-state index is 12.7. The lowest BCUT2D eigenvalue weighted by atomic mass is 10.1. The van der Waals surface area contributed by atoms with Gasteiger partial charge in [0.15, 0.2) is 17.5 Å². The summed E-state index contributed by atoms with van der Waals surface area (Å²) in [6.07, 6.45) is 0. The Morgan fingerprint density at radius 2 is 1.41 bits per heavy atom. The molecule has 0 aliphatic heterocycles. The lowest BCUT2D eigenvalue weighted by Crippen LogP contribution is -2.35. The number of halogens is 1.